The van der Waals surface area contributed by atoms with Crippen LogP contribution >= 0.6 is 11.8 Å². The minimum atomic E-state index is -1.23. The first-order valence-electron chi connectivity index (χ1n) is 5.11. The van der Waals surface area contributed by atoms with Crippen LogP contribution in [0.1, 0.15) is 10.4 Å². The summed E-state index contributed by atoms with van der Waals surface area (Å²) in [4.78, 5) is 22.3. The van der Waals surface area contributed by atoms with E-state index in [-0.39, 0.29) is 11.3 Å². The zero-order chi connectivity index (χ0) is 13.5. The van der Waals surface area contributed by atoms with Gasteiger partial charge in [0.25, 0.3) is 0 Å². The first kappa shape index (κ1) is 14.3. The van der Waals surface area contributed by atoms with Gasteiger partial charge < -0.3 is 15.7 Å². The largest absolute Gasteiger partial charge is 0.478 e. The number of thioether (sulfide) groups is 1. The lowest BCUT2D eigenvalue weighted by Gasteiger charge is -2.09. The molecular formula is C11H13FN2O3S. The standard InChI is InChI=1S/C11H13FN2O3S/c1-18-5-4-13-11(17)14-9-6-7(12)2-3-8(9)10(15)16/h2-3,6H,4-5H2,1H3,(H,15,16)(H2,13,14,17). The van der Waals surface area contributed by atoms with Crippen LogP contribution in [0.15, 0.2) is 18.2 Å². The van der Waals surface area contributed by atoms with E-state index < -0.39 is 17.8 Å². The van der Waals surface area contributed by atoms with E-state index in [9.17, 15) is 14.0 Å². The van der Waals surface area contributed by atoms with Crippen LogP contribution in [-0.4, -0.2) is 35.7 Å². The summed E-state index contributed by atoms with van der Waals surface area (Å²) in [5.41, 5.74) is -0.222. The van der Waals surface area contributed by atoms with Gasteiger partial charge in [-0.2, -0.15) is 11.8 Å². The van der Waals surface area contributed by atoms with Gasteiger partial charge in [-0.05, 0) is 24.5 Å². The first-order chi connectivity index (χ1) is 8.54. The smallest absolute Gasteiger partial charge is 0.337 e. The van der Waals surface area contributed by atoms with E-state index in [1.54, 1.807) is 11.8 Å². The number of carboxylic acid groups (broad SMARTS) is 1. The molecule has 0 aliphatic rings. The molecule has 2 amide bonds. The Morgan fingerprint density at radius 2 is 2.17 bits per heavy atom. The predicted molar refractivity (Wildman–Crippen MR) is 68.8 cm³/mol. The molecule has 1 rings (SSSR count). The second-order valence-corrected chi connectivity index (χ2v) is 4.35. The maximum absolute atomic E-state index is 13.0. The molecule has 0 aliphatic heterocycles. The molecule has 0 atom stereocenters. The van der Waals surface area contributed by atoms with Crippen molar-refractivity contribution in [2.24, 2.45) is 0 Å². The number of halogens is 1. The molecule has 0 aliphatic carbocycles. The molecule has 5 nitrogen and oxygen atoms in total. The number of carboxylic acids is 1. The Bertz CT molecular complexity index is 454. The molecule has 3 N–H and O–H groups in total. The average Bonchev–Trinajstić information content (AvgIpc) is 2.29. The molecule has 0 heterocycles. The molecular weight excluding hydrogens is 259 g/mol. The number of anilines is 1. The predicted octanol–water partition coefficient (Wildman–Crippen LogP) is 2.01. The highest BCUT2D eigenvalue weighted by molar-refractivity contribution is 7.98. The fourth-order valence-corrected chi connectivity index (χ4v) is 1.55. The van der Waals surface area contributed by atoms with Crippen LogP contribution in [0.25, 0.3) is 0 Å². The van der Waals surface area contributed by atoms with Gasteiger partial charge in [0.05, 0.1) is 11.3 Å². The number of amides is 2. The molecule has 7 heteroatoms. The lowest BCUT2D eigenvalue weighted by Crippen LogP contribution is -2.31. The van der Waals surface area contributed by atoms with Gasteiger partial charge >= 0.3 is 12.0 Å². The van der Waals surface area contributed by atoms with Crippen molar-refractivity contribution in [3.63, 3.8) is 0 Å². The van der Waals surface area contributed by atoms with E-state index in [0.29, 0.717) is 6.54 Å². The Morgan fingerprint density at radius 3 is 2.78 bits per heavy atom. The third-order valence-electron chi connectivity index (χ3n) is 2.05. The minimum Gasteiger partial charge on any atom is -0.478 e. The van der Waals surface area contributed by atoms with Gasteiger partial charge in [-0.25, -0.2) is 14.0 Å². The molecule has 98 valence electrons. The van der Waals surface area contributed by atoms with E-state index in [1.165, 1.54) is 0 Å². The molecule has 0 fully saturated rings. The van der Waals surface area contributed by atoms with Crippen molar-refractivity contribution in [3.8, 4) is 0 Å². The fourth-order valence-electron chi connectivity index (χ4n) is 1.24. The Kier molecular flexibility index (Phi) is 5.44. The van der Waals surface area contributed by atoms with E-state index in [4.69, 9.17) is 5.11 Å². The topological polar surface area (TPSA) is 78.4 Å². The van der Waals surface area contributed by atoms with Crippen molar-refractivity contribution < 1.29 is 19.1 Å². The van der Waals surface area contributed by atoms with Gasteiger partial charge in [-0.1, -0.05) is 0 Å². The van der Waals surface area contributed by atoms with Gasteiger partial charge in [0.15, 0.2) is 0 Å². The lowest BCUT2D eigenvalue weighted by molar-refractivity contribution is 0.0698. The summed E-state index contributed by atoms with van der Waals surface area (Å²) < 4.78 is 13.0. The Hall–Kier alpha value is -1.76. The number of urea groups is 1. The van der Waals surface area contributed by atoms with Gasteiger partial charge in [-0.3, -0.25) is 0 Å². The highest BCUT2D eigenvalue weighted by Gasteiger charge is 2.13. The number of nitrogens with one attached hydrogen (secondary N) is 2. The van der Waals surface area contributed by atoms with Crippen molar-refractivity contribution in [1.82, 2.24) is 5.32 Å². The zero-order valence-electron chi connectivity index (χ0n) is 9.70. The normalized spacial score (nSPS) is 9.89. The van der Waals surface area contributed by atoms with Crippen molar-refractivity contribution >= 4 is 29.4 Å². The van der Waals surface area contributed by atoms with E-state index in [1.807, 2.05) is 6.26 Å². The van der Waals surface area contributed by atoms with E-state index in [2.05, 4.69) is 10.6 Å². The summed E-state index contributed by atoms with van der Waals surface area (Å²) >= 11 is 1.56. The average molecular weight is 272 g/mol. The zero-order valence-corrected chi connectivity index (χ0v) is 10.5. The number of aromatic carboxylic acids is 1. The highest BCUT2D eigenvalue weighted by atomic mass is 32.2. The lowest BCUT2D eigenvalue weighted by atomic mass is 10.2. The molecule has 1 aromatic rings. The van der Waals surface area contributed by atoms with Crippen LogP contribution in [0.4, 0.5) is 14.9 Å². The van der Waals surface area contributed by atoms with Gasteiger partial charge in [-0.15, -0.1) is 0 Å². The van der Waals surface area contributed by atoms with Crippen LogP contribution in [0, 0.1) is 5.82 Å². The SMILES string of the molecule is CSCCNC(=O)Nc1cc(F)ccc1C(=O)O. The van der Waals surface area contributed by atoms with Crippen molar-refractivity contribution in [1.29, 1.82) is 0 Å². The number of hydrogen-bond acceptors (Lipinski definition) is 3. The molecule has 18 heavy (non-hydrogen) atoms. The molecule has 0 aromatic heterocycles. The number of hydrogen-bond donors (Lipinski definition) is 3. The summed E-state index contributed by atoms with van der Waals surface area (Å²) in [5, 5.41) is 13.7. The third kappa shape index (κ3) is 4.25. The van der Waals surface area contributed by atoms with Crippen LogP contribution < -0.4 is 10.6 Å². The van der Waals surface area contributed by atoms with Crippen molar-refractivity contribution in [3.05, 3.63) is 29.6 Å². The summed E-state index contributed by atoms with van der Waals surface area (Å²) in [6, 6.07) is 2.55. The van der Waals surface area contributed by atoms with Crippen LogP contribution in [0.2, 0.25) is 0 Å². The quantitative estimate of drug-likeness (QED) is 0.716. The van der Waals surface area contributed by atoms with Crippen LogP contribution in [0.5, 0.6) is 0 Å². The van der Waals surface area contributed by atoms with Gasteiger partial charge in [0, 0.05) is 12.3 Å². The van der Waals surface area contributed by atoms with Crippen molar-refractivity contribution in [2.45, 2.75) is 0 Å². The molecule has 0 spiro atoms. The van der Waals surface area contributed by atoms with Gasteiger partial charge in [0.1, 0.15) is 5.82 Å². The minimum absolute atomic E-state index is 0.0656. The number of benzene rings is 1. The first-order valence-corrected chi connectivity index (χ1v) is 6.50. The van der Waals surface area contributed by atoms with Crippen LogP contribution in [-0.2, 0) is 0 Å². The number of carbonyl (C=O) groups is 2. The highest BCUT2D eigenvalue weighted by Crippen LogP contribution is 2.17. The van der Waals surface area contributed by atoms with Crippen LogP contribution in [0.3, 0.4) is 0 Å². The Morgan fingerprint density at radius 1 is 1.44 bits per heavy atom. The molecule has 1 aromatic carbocycles. The summed E-state index contributed by atoms with van der Waals surface area (Å²) in [5.74, 6) is -1.10. The Balaban J connectivity index is 2.73. The fraction of sp³-hybridized carbons (Fsp3) is 0.273. The summed E-state index contributed by atoms with van der Waals surface area (Å²) in [7, 11) is 0. The maximum Gasteiger partial charge on any atom is 0.337 e. The second kappa shape index (κ2) is 6.85. The second-order valence-electron chi connectivity index (χ2n) is 3.37. The monoisotopic (exact) mass is 272 g/mol. The molecule has 0 unspecified atom stereocenters. The van der Waals surface area contributed by atoms with Crippen molar-refractivity contribution in [2.75, 3.05) is 23.9 Å². The molecule has 0 saturated carbocycles. The van der Waals surface area contributed by atoms with E-state index in [0.717, 1.165) is 24.0 Å². The Labute approximate surface area is 108 Å². The maximum atomic E-state index is 13.0. The number of carbonyl (C=O) groups excluding carboxylic acids is 1. The van der Waals surface area contributed by atoms with E-state index >= 15 is 0 Å². The molecule has 0 radical (unpaired) electrons. The third-order valence-corrected chi connectivity index (χ3v) is 2.66. The summed E-state index contributed by atoms with van der Waals surface area (Å²) in [6.45, 7) is 0.449. The molecule has 0 saturated heterocycles. The number of rotatable bonds is 5. The molecule has 0 bridgehead atoms. The summed E-state index contributed by atoms with van der Waals surface area (Å²) in [6.07, 6.45) is 1.90. The van der Waals surface area contributed by atoms with Gasteiger partial charge in [0.2, 0.25) is 0 Å².